The summed E-state index contributed by atoms with van der Waals surface area (Å²) in [6.07, 6.45) is -3.87. The number of aliphatic hydroxyl groups excluding tert-OH is 7. The van der Waals surface area contributed by atoms with Gasteiger partial charge >= 0.3 is 0 Å². The standard InChI is InChI=1S/C14H25NO7/c16-4-6-1-8(3-10(18)11(6)19)15-9-2-7(5-17)12(20)14(22)13(9)21/h2,6,8-22H,1,3-5H2. The van der Waals surface area contributed by atoms with Crippen LogP contribution >= 0.6 is 0 Å². The molecule has 8 heteroatoms. The van der Waals surface area contributed by atoms with Gasteiger partial charge in [0.05, 0.1) is 24.9 Å². The third-order valence-electron chi connectivity index (χ3n) is 4.65. The highest BCUT2D eigenvalue weighted by Crippen LogP contribution is 2.27. The monoisotopic (exact) mass is 319 g/mol. The van der Waals surface area contributed by atoms with Crippen molar-refractivity contribution in [1.82, 2.24) is 5.32 Å². The van der Waals surface area contributed by atoms with Crippen molar-refractivity contribution in [2.75, 3.05) is 13.2 Å². The molecular formula is C14H25NO7. The average molecular weight is 319 g/mol. The predicted molar refractivity (Wildman–Crippen MR) is 75.7 cm³/mol. The van der Waals surface area contributed by atoms with E-state index in [9.17, 15) is 35.7 Å². The number of hydrogen-bond donors (Lipinski definition) is 8. The third-order valence-corrected chi connectivity index (χ3v) is 4.65. The van der Waals surface area contributed by atoms with Gasteiger partial charge in [-0.3, -0.25) is 0 Å². The molecule has 0 amide bonds. The molecule has 0 radical (unpaired) electrons. The lowest BCUT2D eigenvalue weighted by Crippen LogP contribution is -2.58. The third kappa shape index (κ3) is 3.50. The van der Waals surface area contributed by atoms with Crippen LogP contribution in [0.15, 0.2) is 11.6 Å². The van der Waals surface area contributed by atoms with Crippen LogP contribution in [-0.2, 0) is 0 Å². The summed E-state index contributed by atoms with van der Waals surface area (Å²) in [4.78, 5) is 0. The molecule has 0 aromatic rings. The first kappa shape index (κ1) is 17.8. The van der Waals surface area contributed by atoms with Gasteiger partial charge in [-0.25, -0.2) is 0 Å². The molecule has 8 atom stereocenters. The summed E-state index contributed by atoms with van der Waals surface area (Å²) in [7, 11) is 0. The second kappa shape index (κ2) is 7.33. The van der Waals surface area contributed by atoms with Crippen LogP contribution in [0.1, 0.15) is 12.8 Å². The van der Waals surface area contributed by atoms with Crippen molar-refractivity contribution in [1.29, 1.82) is 0 Å². The zero-order valence-electron chi connectivity index (χ0n) is 12.2. The molecule has 0 aromatic carbocycles. The summed E-state index contributed by atoms with van der Waals surface area (Å²) in [5, 5.41) is 70.6. The second-order valence-electron chi connectivity index (χ2n) is 6.19. The minimum atomic E-state index is -1.42. The van der Waals surface area contributed by atoms with Gasteiger partial charge in [0.15, 0.2) is 0 Å². The molecule has 22 heavy (non-hydrogen) atoms. The van der Waals surface area contributed by atoms with E-state index in [1.54, 1.807) is 0 Å². The van der Waals surface area contributed by atoms with Crippen LogP contribution in [0.2, 0.25) is 0 Å². The van der Waals surface area contributed by atoms with Crippen molar-refractivity contribution in [3.8, 4) is 0 Å². The SMILES string of the molecule is OCC1=CC(NC2CC(O)C(O)C(CO)C2)C(O)C(O)C1O. The van der Waals surface area contributed by atoms with Gasteiger partial charge in [0.25, 0.3) is 0 Å². The fraction of sp³-hybridized carbons (Fsp3) is 0.857. The molecule has 0 saturated heterocycles. The van der Waals surface area contributed by atoms with E-state index in [2.05, 4.69) is 5.32 Å². The van der Waals surface area contributed by atoms with E-state index in [0.717, 1.165) is 0 Å². The highest BCUT2D eigenvalue weighted by molar-refractivity contribution is 5.22. The van der Waals surface area contributed by atoms with Crippen molar-refractivity contribution < 1.29 is 35.7 Å². The van der Waals surface area contributed by atoms with Gasteiger partial charge in [-0.05, 0) is 18.4 Å². The normalized spacial score (nSPS) is 46.4. The lowest BCUT2D eigenvalue weighted by molar-refractivity contribution is -0.0811. The van der Waals surface area contributed by atoms with Crippen LogP contribution in [0.25, 0.3) is 0 Å². The largest absolute Gasteiger partial charge is 0.396 e. The molecule has 0 aliphatic heterocycles. The number of hydrogen-bond acceptors (Lipinski definition) is 8. The van der Waals surface area contributed by atoms with Gasteiger partial charge in [-0.2, -0.15) is 0 Å². The van der Waals surface area contributed by atoms with Crippen LogP contribution in [0.5, 0.6) is 0 Å². The predicted octanol–water partition coefficient (Wildman–Crippen LogP) is -3.55. The van der Waals surface area contributed by atoms with Crippen molar-refractivity contribution in [3.05, 3.63) is 11.6 Å². The molecule has 2 rings (SSSR count). The van der Waals surface area contributed by atoms with Gasteiger partial charge in [0.2, 0.25) is 0 Å². The van der Waals surface area contributed by atoms with E-state index >= 15 is 0 Å². The van der Waals surface area contributed by atoms with Crippen molar-refractivity contribution in [2.24, 2.45) is 5.92 Å². The summed E-state index contributed by atoms with van der Waals surface area (Å²) in [5.41, 5.74) is 0.213. The molecule has 128 valence electrons. The van der Waals surface area contributed by atoms with Crippen LogP contribution in [-0.4, -0.2) is 91.6 Å². The fourth-order valence-corrected chi connectivity index (χ4v) is 3.28. The van der Waals surface area contributed by atoms with Gasteiger partial charge < -0.3 is 41.1 Å². The first-order valence-electron chi connectivity index (χ1n) is 7.47. The maximum atomic E-state index is 10.0. The number of rotatable bonds is 4. The first-order chi connectivity index (χ1) is 10.4. The average Bonchev–Trinajstić information content (AvgIpc) is 2.51. The summed E-state index contributed by atoms with van der Waals surface area (Å²) >= 11 is 0. The Bertz CT molecular complexity index is 405. The molecule has 8 nitrogen and oxygen atoms in total. The Labute approximate surface area is 128 Å². The molecule has 1 fully saturated rings. The lowest BCUT2D eigenvalue weighted by atomic mass is 9.80. The Kier molecular flexibility index (Phi) is 5.92. The Morgan fingerprint density at radius 2 is 1.64 bits per heavy atom. The summed E-state index contributed by atoms with van der Waals surface area (Å²) < 4.78 is 0. The second-order valence-corrected chi connectivity index (χ2v) is 6.19. The van der Waals surface area contributed by atoms with Crippen LogP contribution in [0, 0.1) is 5.92 Å². The van der Waals surface area contributed by atoms with Crippen LogP contribution < -0.4 is 5.32 Å². The maximum absolute atomic E-state index is 10.0. The Morgan fingerprint density at radius 3 is 2.23 bits per heavy atom. The topological polar surface area (TPSA) is 154 Å². The smallest absolute Gasteiger partial charge is 0.111 e. The van der Waals surface area contributed by atoms with Crippen molar-refractivity contribution >= 4 is 0 Å². The molecule has 0 bridgehead atoms. The highest BCUT2D eigenvalue weighted by Gasteiger charge is 2.40. The fourth-order valence-electron chi connectivity index (χ4n) is 3.28. The molecule has 8 unspecified atom stereocenters. The summed E-state index contributed by atoms with van der Waals surface area (Å²) in [5.74, 6) is -0.473. The Morgan fingerprint density at radius 1 is 0.955 bits per heavy atom. The van der Waals surface area contributed by atoms with E-state index < -0.39 is 49.1 Å². The first-order valence-corrected chi connectivity index (χ1v) is 7.47. The molecule has 1 saturated carbocycles. The molecule has 0 aromatic heterocycles. The Hall–Kier alpha value is -0.580. The minimum Gasteiger partial charge on any atom is -0.396 e. The molecule has 0 heterocycles. The van der Waals surface area contributed by atoms with Crippen molar-refractivity contribution in [3.63, 3.8) is 0 Å². The molecular weight excluding hydrogens is 294 g/mol. The molecule has 2 aliphatic rings. The van der Waals surface area contributed by atoms with E-state index in [0.29, 0.717) is 6.42 Å². The van der Waals surface area contributed by atoms with Gasteiger partial charge in [0, 0.05) is 18.6 Å². The lowest BCUT2D eigenvalue weighted by Gasteiger charge is -2.41. The van der Waals surface area contributed by atoms with Crippen molar-refractivity contribution in [2.45, 2.75) is 55.4 Å². The minimum absolute atomic E-state index is 0.213. The maximum Gasteiger partial charge on any atom is 0.111 e. The molecule has 0 spiro atoms. The zero-order valence-corrected chi connectivity index (χ0v) is 12.2. The van der Waals surface area contributed by atoms with E-state index in [1.807, 2.05) is 0 Å². The number of aliphatic hydroxyl groups is 7. The van der Waals surface area contributed by atoms with Gasteiger partial charge in [-0.1, -0.05) is 6.08 Å². The van der Waals surface area contributed by atoms with E-state index in [-0.39, 0.29) is 24.6 Å². The van der Waals surface area contributed by atoms with Gasteiger partial charge in [-0.15, -0.1) is 0 Å². The van der Waals surface area contributed by atoms with Crippen LogP contribution in [0.4, 0.5) is 0 Å². The quantitative estimate of drug-likeness (QED) is 0.248. The summed E-state index contributed by atoms with van der Waals surface area (Å²) in [6.45, 7) is -0.697. The molecule has 8 N–H and O–H groups in total. The highest BCUT2D eigenvalue weighted by atomic mass is 16.4. The molecule has 2 aliphatic carbocycles. The zero-order chi connectivity index (χ0) is 16.4. The number of nitrogens with one attached hydrogen (secondary N) is 1. The summed E-state index contributed by atoms with van der Waals surface area (Å²) in [6, 6.07) is -0.985. The Balaban J connectivity index is 2.07. The van der Waals surface area contributed by atoms with E-state index in [1.165, 1.54) is 6.08 Å². The van der Waals surface area contributed by atoms with E-state index in [4.69, 9.17) is 0 Å². The van der Waals surface area contributed by atoms with Gasteiger partial charge in [0.1, 0.15) is 18.3 Å². The van der Waals surface area contributed by atoms with Crippen LogP contribution in [0.3, 0.4) is 0 Å².